The minimum atomic E-state index is 0.109. The van der Waals surface area contributed by atoms with Gasteiger partial charge in [0.1, 0.15) is 0 Å². The molecule has 2 aliphatic heterocycles. The summed E-state index contributed by atoms with van der Waals surface area (Å²) in [5.41, 5.74) is 2.10. The average Bonchev–Trinajstić information content (AvgIpc) is 3.09. The van der Waals surface area contributed by atoms with Gasteiger partial charge in [-0.1, -0.05) is 43.2 Å². The minimum absolute atomic E-state index is 0.109. The second-order valence-electron chi connectivity index (χ2n) is 7.89. The lowest BCUT2D eigenvalue weighted by molar-refractivity contribution is -0.132. The lowest BCUT2D eigenvalue weighted by atomic mass is 10.1. The molecule has 0 atom stereocenters. The van der Waals surface area contributed by atoms with Crippen LogP contribution in [0.1, 0.15) is 35.4 Å². The Morgan fingerprint density at radius 1 is 0.793 bits per heavy atom. The van der Waals surface area contributed by atoms with Crippen LogP contribution in [-0.2, 0) is 4.79 Å². The number of carbonyl (C=O) groups excluding carboxylic acids is 2. The molecular weight excluding hydrogens is 382 g/mol. The van der Waals surface area contributed by atoms with Crippen LogP contribution in [-0.4, -0.2) is 72.3 Å². The summed E-state index contributed by atoms with van der Waals surface area (Å²) in [7, 11) is 0. The first-order chi connectivity index (χ1) is 14.2. The highest BCUT2D eigenvalue weighted by Gasteiger charge is 2.27. The molecule has 0 spiro atoms. The summed E-state index contributed by atoms with van der Waals surface area (Å²) < 4.78 is 0. The highest BCUT2D eigenvalue weighted by Crippen LogP contribution is 2.29. The van der Waals surface area contributed by atoms with Gasteiger partial charge in [0.15, 0.2) is 0 Å². The number of hydrogen-bond donors (Lipinski definition) is 0. The van der Waals surface area contributed by atoms with Gasteiger partial charge in [0, 0.05) is 44.8 Å². The third kappa shape index (κ3) is 4.87. The van der Waals surface area contributed by atoms with Crippen molar-refractivity contribution in [2.24, 2.45) is 0 Å². The Balaban J connectivity index is 1.32. The molecule has 2 aliphatic rings. The molecule has 154 valence electrons. The van der Waals surface area contributed by atoms with E-state index >= 15 is 0 Å². The first-order valence-corrected chi connectivity index (χ1v) is 11.5. The third-order valence-corrected chi connectivity index (χ3v) is 6.82. The fourth-order valence-corrected chi connectivity index (χ4v) is 5.07. The molecule has 3 heterocycles. The molecular formula is C23H29N3O2S. The van der Waals surface area contributed by atoms with Crippen molar-refractivity contribution in [1.29, 1.82) is 0 Å². The number of piperazine rings is 1. The van der Waals surface area contributed by atoms with Crippen LogP contribution >= 0.6 is 11.3 Å². The summed E-state index contributed by atoms with van der Waals surface area (Å²) in [6, 6.07) is 12.1. The molecule has 29 heavy (non-hydrogen) atoms. The van der Waals surface area contributed by atoms with Crippen LogP contribution < -0.4 is 0 Å². The van der Waals surface area contributed by atoms with E-state index in [0.29, 0.717) is 19.6 Å². The number of hydrogen-bond acceptors (Lipinski definition) is 4. The van der Waals surface area contributed by atoms with E-state index in [1.54, 1.807) is 0 Å². The Morgan fingerprint density at radius 2 is 1.48 bits per heavy atom. The smallest absolute Gasteiger partial charge is 0.264 e. The van der Waals surface area contributed by atoms with Crippen LogP contribution in [0.4, 0.5) is 0 Å². The normalized spacial score (nSPS) is 18.5. The Kier molecular flexibility index (Phi) is 6.62. The van der Waals surface area contributed by atoms with Gasteiger partial charge in [-0.15, -0.1) is 11.3 Å². The zero-order valence-electron chi connectivity index (χ0n) is 16.9. The molecule has 0 aliphatic carbocycles. The number of benzene rings is 1. The van der Waals surface area contributed by atoms with Crippen LogP contribution in [0.5, 0.6) is 0 Å². The van der Waals surface area contributed by atoms with E-state index in [2.05, 4.69) is 4.90 Å². The molecule has 2 fully saturated rings. The molecule has 0 N–H and O–H groups in total. The summed E-state index contributed by atoms with van der Waals surface area (Å²) in [4.78, 5) is 32.7. The van der Waals surface area contributed by atoms with Crippen LogP contribution in [0.25, 0.3) is 11.1 Å². The van der Waals surface area contributed by atoms with Crippen LogP contribution in [0.15, 0.2) is 41.8 Å². The van der Waals surface area contributed by atoms with Gasteiger partial charge in [0.2, 0.25) is 5.91 Å². The molecule has 4 rings (SSSR count). The van der Waals surface area contributed by atoms with E-state index in [1.807, 2.05) is 51.6 Å². The zero-order chi connectivity index (χ0) is 20.1. The number of carbonyl (C=O) groups is 2. The molecule has 5 nitrogen and oxygen atoms in total. The van der Waals surface area contributed by atoms with E-state index in [9.17, 15) is 9.59 Å². The summed E-state index contributed by atoms with van der Waals surface area (Å²) in [6.45, 7) is 5.16. The quantitative estimate of drug-likeness (QED) is 0.773. The molecule has 2 aromatic rings. The summed E-state index contributed by atoms with van der Waals surface area (Å²) in [6.07, 6.45) is 4.72. The maximum atomic E-state index is 13.1. The highest BCUT2D eigenvalue weighted by molar-refractivity contribution is 7.12. The Labute approximate surface area is 176 Å². The lowest BCUT2D eigenvalue weighted by Gasteiger charge is -2.35. The van der Waals surface area contributed by atoms with Crippen molar-refractivity contribution >= 4 is 23.2 Å². The number of amides is 2. The third-order valence-electron chi connectivity index (χ3n) is 5.92. The Bertz CT molecular complexity index is 820. The number of rotatable bonds is 4. The minimum Gasteiger partial charge on any atom is -0.342 e. The molecule has 6 heteroatoms. The molecule has 0 unspecified atom stereocenters. The van der Waals surface area contributed by atoms with Crippen LogP contribution in [0.3, 0.4) is 0 Å². The predicted octanol–water partition coefficient (Wildman–Crippen LogP) is 3.58. The van der Waals surface area contributed by atoms with Gasteiger partial charge in [0.25, 0.3) is 5.91 Å². The van der Waals surface area contributed by atoms with Crippen molar-refractivity contribution < 1.29 is 9.59 Å². The van der Waals surface area contributed by atoms with Crippen molar-refractivity contribution in [2.45, 2.75) is 25.7 Å². The molecule has 2 saturated heterocycles. The Morgan fingerprint density at radius 3 is 2.17 bits per heavy atom. The van der Waals surface area contributed by atoms with Gasteiger partial charge in [-0.3, -0.25) is 14.5 Å². The number of likely N-dealkylation sites (tertiary alicyclic amines) is 1. The second kappa shape index (κ2) is 9.55. The maximum absolute atomic E-state index is 13.1. The fourth-order valence-electron chi connectivity index (χ4n) is 4.18. The topological polar surface area (TPSA) is 43.9 Å². The second-order valence-corrected chi connectivity index (χ2v) is 8.81. The van der Waals surface area contributed by atoms with Gasteiger partial charge < -0.3 is 9.80 Å². The van der Waals surface area contributed by atoms with E-state index < -0.39 is 0 Å². The first-order valence-electron chi connectivity index (χ1n) is 10.6. The molecule has 1 aromatic heterocycles. The van der Waals surface area contributed by atoms with Crippen LogP contribution in [0.2, 0.25) is 0 Å². The van der Waals surface area contributed by atoms with Crippen molar-refractivity contribution in [3.8, 4) is 11.1 Å². The van der Waals surface area contributed by atoms with Gasteiger partial charge in [-0.05, 0) is 29.9 Å². The summed E-state index contributed by atoms with van der Waals surface area (Å²) >= 11 is 1.51. The molecule has 0 radical (unpaired) electrons. The molecule has 0 saturated carbocycles. The summed E-state index contributed by atoms with van der Waals surface area (Å²) in [5.74, 6) is 0.355. The molecule has 1 aromatic carbocycles. The average molecular weight is 412 g/mol. The van der Waals surface area contributed by atoms with Gasteiger partial charge >= 0.3 is 0 Å². The SMILES string of the molecule is O=C(CN1CCN(C(=O)c2sccc2-c2ccccc2)CC1)N1CCCCCC1. The Hall–Kier alpha value is -2.18. The largest absolute Gasteiger partial charge is 0.342 e. The van der Waals surface area contributed by atoms with Crippen molar-refractivity contribution in [3.05, 3.63) is 46.7 Å². The highest BCUT2D eigenvalue weighted by atomic mass is 32.1. The predicted molar refractivity (Wildman–Crippen MR) is 117 cm³/mol. The number of thiophene rings is 1. The van der Waals surface area contributed by atoms with E-state index in [-0.39, 0.29) is 11.8 Å². The lowest BCUT2D eigenvalue weighted by Crippen LogP contribution is -2.51. The monoisotopic (exact) mass is 411 g/mol. The van der Waals surface area contributed by atoms with Crippen molar-refractivity contribution in [1.82, 2.24) is 14.7 Å². The van der Waals surface area contributed by atoms with Gasteiger partial charge in [-0.25, -0.2) is 0 Å². The standard InChI is InChI=1S/C23H29N3O2S/c27-21(25-11-6-1-2-7-12-25)18-24-13-15-26(16-14-24)23(28)22-20(10-17-29-22)19-8-4-3-5-9-19/h3-5,8-10,17H,1-2,6-7,11-16,18H2. The molecule has 2 amide bonds. The van der Waals surface area contributed by atoms with Gasteiger partial charge in [-0.2, -0.15) is 0 Å². The number of nitrogens with zero attached hydrogens (tertiary/aromatic N) is 3. The van der Waals surface area contributed by atoms with Crippen LogP contribution in [0, 0.1) is 0 Å². The first kappa shape index (κ1) is 20.1. The van der Waals surface area contributed by atoms with E-state index in [1.165, 1.54) is 24.2 Å². The van der Waals surface area contributed by atoms with Crippen molar-refractivity contribution in [2.75, 3.05) is 45.8 Å². The molecule has 0 bridgehead atoms. The fraction of sp³-hybridized carbons (Fsp3) is 0.478. The van der Waals surface area contributed by atoms with E-state index in [0.717, 1.165) is 55.0 Å². The van der Waals surface area contributed by atoms with E-state index in [4.69, 9.17) is 0 Å². The maximum Gasteiger partial charge on any atom is 0.264 e. The van der Waals surface area contributed by atoms with Crippen molar-refractivity contribution in [3.63, 3.8) is 0 Å². The van der Waals surface area contributed by atoms with Gasteiger partial charge in [0.05, 0.1) is 11.4 Å². The summed E-state index contributed by atoms with van der Waals surface area (Å²) in [5, 5.41) is 1.99. The zero-order valence-corrected chi connectivity index (χ0v) is 17.7.